The molecule has 108 valence electrons. The molecule has 2 N–H and O–H groups in total. The van der Waals surface area contributed by atoms with Gasteiger partial charge >= 0.3 is 35.5 Å². The minimum Gasteiger partial charge on any atom is -1.00 e. The number of thioether (sulfide) groups is 1. The summed E-state index contributed by atoms with van der Waals surface area (Å²) in [5, 5.41) is 18.1. The number of carbonyl (C=O) groups excluding carboxylic acids is 1. The number of hydrogen-bond acceptors (Lipinski definition) is 5. The molecule has 0 bridgehead atoms. The molecule has 1 amide bonds. The molecule has 3 heterocycles. The molecule has 3 fully saturated rings. The van der Waals surface area contributed by atoms with Gasteiger partial charge in [0.2, 0.25) is 5.91 Å². The number of ether oxygens (including phenoxy) is 1. The first-order chi connectivity index (χ1) is 9.15. The maximum atomic E-state index is 12.0. The summed E-state index contributed by atoms with van der Waals surface area (Å²) in [4.78, 5) is 24.9. The fourth-order valence-corrected chi connectivity index (χ4v) is 5.13. The number of aliphatic carboxylic acids is 1. The molecular weight excluding hydrogens is 293 g/mol. The third-order valence-corrected chi connectivity index (χ3v) is 5.83. The summed E-state index contributed by atoms with van der Waals surface area (Å²) in [6, 6.07) is -0.777. The van der Waals surface area contributed by atoms with Gasteiger partial charge in [-0.15, -0.1) is 11.8 Å². The van der Waals surface area contributed by atoms with Crippen LogP contribution in [0.4, 0.5) is 0 Å². The van der Waals surface area contributed by atoms with Crippen molar-refractivity contribution in [3.8, 4) is 0 Å². The monoisotopic (exact) mass is 311 g/mol. The normalized spacial score (nSPS) is 39.1. The van der Waals surface area contributed by atoms with E-state index in [1.807, 2.05) is 0 Å². The zero-order chi connectivity index (χ0) is 13.6. The third-order valence-electron chi connectivity index (χ3n) is 4.12. The minimum absolute atomic E-state index is 0. The molecule has 0 spiro atoms. The van der Waals surface area contributed by atoms with Crippen molar-refractivity contribution in [3.63, 3.8) is 0 Å². The molecule has 20 heavy (non-hydrogen) atoms. The number of hydrogen-bond donors (Lipinski definition) is 2. The van der Waals surface area contributed by atoms with Gasteiger partial charge in [-0.05, 0) is 19.3 Å². The molecule has 0 aromatic rings. The Kier molecular flexibility index (Phi) is 5.42. The van der Waals surface area contributed by atoms with Crippen molar-refractivity contribution in [3.05, 3.63) is 0 Å². The Bertz CT molecular complexity index is 409. The molecular formula is C12H18NNaO5S. The number of carboxylic acid groups (broad SMARTS) is 1. The number of rotatable bonds is 4. The van der Waals surface area contributed by atoms with E-state index in [9.17, 15) is 14.7 Å². The van der Waals surface area contributed by atoms with Crippen LogP contribution in [0.1, 0.15) is 20.7 Å². The van der Waals surface area contributed by atoms with E-state index in [1.165, 1.54) is 16.7 Å². The quantitative estimate of drug-likeness (QED) is 0.426. The number of fused-ring (bicyclic) bond motifs is 1. The standard InChI is InChI=1S/C12H17NO5S.Na.H/c14-4-3-6-10(15)13-8(12(16)17)9(19-11(6)13)7-2-1-5-18-7;;/h6-9,11,14H,1-5H2,(H,16,17);;/q;+1;-1/t6-,7+,8?,9?,11?;;/m0../s1. The van der Waals surface area contributed by atoms with Crippen LogP contribution in [0.25, 0.3) is 0 Å². The van der Waals surface area contributed by atoms with Gasteiger partial charge in [0.15, 0.2) is 0 Å². The topological polar surface area (TPSA) is 87.1 Å². The Balaban J connectivity index is 0.00000110. The molecule has 3 rings (SSSR count). The molecule has 3 aliphatic rings. The van der Waals surface area contributed by atoms with Gasteiger partial charge in [0, 0.05) is 13.2 Å². The maximum Gasteiger partial charge on any atom is 1.00 e. The second-order valence-electron chi connectivity index (χ2n) is 5.19. The summed E-state index contributed by atoms with van der Waals surface area (Å²) < 4.78 is 5.60. The van der Waals surface area contributed by atoms with Crippen molar-refractivity contribution in [2.75, 3.05) is 13.2 Å². The molecule has 3 saturated heterocycles. The zero-order valence-electron chi connectivity index (χ0n) is 12.4. The molecule has 3 aliphatic heterocycles. The van der Waals surface area contributed by atoms with Gasteiger partial charge in [-0.3, -0.25) is 4.79 Å². The Morgan fingerprint density at radius 3 is 2.85 bits per heavy atom. The second kappa shape index (κ2) is 6.54. The van der Waals surface area contributed by atoms with Crippen molar-refractivity contribution < 1.29 is 55.5 Å². The van der Waals surface area contributed by atoms with Crippen LogP contribution >= 0.6 is 11.8 Å². The summed E-state index contributed by atoms with van der Waals surface area (Å²) in [6.45, 7) is 0.635. The summed E-state index contributed by atoms with van der Waals surface area (Å²) in [7, 11) is 0. The van der Waals surface area contributed by atoms with E-state index in [2.05, 4.69) is 0 Å². The van der Waals surface area contributed by atoms with E-state index in [0.29, 0.717) is 13.0 Å². The van der Waals surface area contributed by atoms with Gasteiger partial charge < -0.3 is 21.3 Å². The first-order valence-electron chi connectivity index (χ1n) is 6.58. The first kappa shape index (κ1) is 16.6. The van der Waals surface area contributed by atoms with Crippen LogP contribution in [-0.2, 0) is 14.3 Å². The van der Waals surface area contributed by atoms with Crippen molar-refractivity contribution in [1.29, 1.82) is 0 Å². The van der Waals surface area contributed by atoms with Crippen LogP contribution < -0.4 is 29.6 Å². The van der Waals surface area contributed by atoms with Crippen LogP contribution in [-0.4, -0.2) is 63.0 Å². The first-order valence-corrected chi connectivity index (χ1v) is 7.52. The van der Waals surface area contributed by atoms with Crippen molar-refractivity contribution >= 4 is 23.6 Å². The number of aliphatic hydroxyl groups is 1. The van der Waals surface area contributed by atoms with Gasteiger partial charge in [0.05, 0.1) is 22.6 Å². The largest absolute Gasteiger partial charge is 1.00 e. The fraction of sp³-hybridized carbons (Fsp3) is 0.833. The Morgan fingerprint density at radius 1 is 1.55 bits per heavy atom. The summed E-state index contributed by atoms with van der Waals surface area (Å²) in [5.74, 6) is -1.33. The average molecular weight is 311 g/mol. The smallest absolute Gasteiger partial charge is 1.00 e. The van der Waals surface area contributed by atoms with Crippen LogP contribution in [0.5, 0.6) is 0 Å². The molecule has 0 aromatic heterocycles. The van der Waals surface area contributed by atoms with E-state index in [4.69, 9.17) is 9.84 Å². The Hall–Kier alpha value is 0.210. The molecule has 3 unspecified atom stereocenters. The predicted molar refractivity (Wildman–Crippen MR) is 68.7 cm³/mol. The van der Waals surface area contributed by atoms with Crippen LogP contribution in [0, 0.1) is 5.92 Å². The van der Waals surface area contributed by atoms with Crippen molar-refractivity contribution in [1.82, 2.24) is 4.90 Å². The molecule has 0 aliphatic carbocycles. The van der Waals surface area contributed by atoms with Crippen LogP contribution in [0.3, 0.4) is 0 Å². The van der Waals surface area contributed by atoms with Crippen LogP contribution in [0.2, 0.25) is 0 Å². The number of carboxylic acids is 1. The predicted octanol–water partition coefficient (Wildman–Crippen LogP) is -2.98. The summed E-state index contributed by atoms with van der Waals surface area (Å²) in [6.07, 6.45) is 2.16. The second-order valence-corrected chi connectivity index (χ2v) is 6.49. The zero-order valence-corrected chi connectivity index (χ0v) is 14.2. The molecule has 6 nitrogen and oxygen atoms in total. The minimum atomic E-state index is -0.953. The van der Waals surface area contributed by atoms with E-state index < -0.39 is 12.0 Å². The number of aliphatic hydroxyl groups excluding tert-OH is 1. The molecule has 8 heteroatoms. The Labute approximate surface area is 145 Å². The van der Waals surface area contributed by atoms with E-state index >= 15 is 0 Å². The number of β-lactam (4-membered cyclic amide) rings is 1. The molecule has 0 saturated carbocycles. The molecule has 5 atom stereocenters. The average Bonchev–Trinajstić information content (AvgIpc) is 3.00. The third kappa shape index (κ3) is 2.53. The van der Waals surface area contributed by atoms with Gasteiger partial charge in [-0.1, -0.05) is 0 Å². The van der Waals surface area contributed by atoms with E-state index in [1.54, 1.807) is 0 Å². The van der Waals surface area contributed by atoms with E-state index in [-0.39, 0.29) is 66.1 Å². The summed E-state index contributed by atoms with van der Waals surface area (Å²) in [5.41, 5.74) is 0. The number of amides is 1. The number of carbonyl (C=O) groups is 2. The van der Waals surface area contributed by atoms with Crippen LogP contribution in [0.15, 0.2) is 0 Å². The fourth-order valence-electron chi connectivity index (χ4n) is 3.22. The maximum absolute atomic E-state index is 12.0. The molecule has 0 aromatic carbocycles. The molecule has 0 radical (unpaired) electrons. The SMILES string of the molecule is O=C(O)C1C([C@H]2CCCO2)SC2[C@@H](CCO)C(=O)N12.[H-].[Na+]. The summed E-state index contributed by atoms with van der Waals surface area (Å²) >= 11 is 1.53. The van der Waals surface area contributed by atoms with Gasteiger partial charge in [0.1, 0.15) is 6.04 Å². The van der Waals surface area contributed by atoms with Crippen molar-refractivity contribution in [2.24, 2.45) is 5.92 Å². The Morgan fingerprint density at radius 2 is 2.30 bits per heavy atom. The van der Waals surface area contributed by atoms with Gasteiger partial charge in [0.25, 0.3) is 0 Å². The number of nitrogens with zero attached hydrogens (tertiary/aromatic N) is 1. The van der Waals surface area contributed by atoms with E-state index in [0.717, 1.165) is 12.8 Å². The van der Waals surface area contributed by atoms with Crippen molar-refractivity contribution in [2.45, 2.75) is 42.0 Å². The van der Waals surface area contributed by atoms with Gasteiger partial charge in [-0.25, -0.2) is 4.79 Å². The van der Waals surface area contributed by atoms with Gasteiger partial charge in [-0.2, -0.15) is 0 Å².